The Morgan fingerprint density at radius 2 is 2.36 bits per heavy atom. The van der Waals surface area contributed by atoms with Crippen LogP contribution in [0.5, 0.6) is 0 Å². The van der Waals surface area contributed by atoms with E-state index in [-0.39, 0.29) is 0 Å². The summed E-state index contributed by atoms with van der Waals surface area (Å²) >= 11 is 0. The Kier molecular flexibility index (Phi) is 2.55. The minimum atomic E-state index is 0.571. The molecule has 0 aromatic carbocycles. The van der Waals surface area contributed by atoms with Gasteiger partial charge < -0.3 is 10.3 Å². The van der Waals surface area contributed by atoms with Crippen molar-refractivity contribution < 1.29 is 4.52 Å². The third-order valence-electron chi connectivity index (χ3n) is 1.91. The summed E-state index contributed by atoms with van der Waals surface area (Å²) < 4.78 is 5.10. The van der Waals surface area contributed by atoms with Gasteiger partial charge in [-0.2, -0.15) is 0 Å². The van der Waals surface area contributed by atoms with Gasteiger partial charge in [-0.15, -0.1) is 0 Å². The maximum absolute atomic E-state index is 5.41. The van der Waals surface area contributed by atoms with Crippen molar-refractivity contribution in [3.63, 3.8) is 0 Å². The second kappa shape index (κ2) is 4.02. The van der Waals surface area contributed by atoms with E-state index in [1.165, 1.54) is 0 Å². The Morgan fingerprint density at radius 1 is 1.43 bits per heavy atom. The fraction of sp³-hybridized carbons (Fsp3) is 0.200. The molecule has 0 saturated heterocycles. The fourth-order valence-electron chi connectivity index (χ4n) is 1.22. The predicted octanol–water partition coefficient (Wildman–Crippen LogP) is 1.24. The molecule has 0 atom stereocenters. The highest BCUT2D eigenvalue weighted by molar-refractivity contribution is 5.57. The van der Waals surface area contributed by atoms with Crippen LogP contribution in [0.25, 0.3) is 11.3 Å². The molecule has 0 aliphatic heterocycles. The molecule has 4 heteroatoms. The normalized spacial score (nSPS) is 10.4. The van der Waals surface area contributed by atoms with Crippen LogP contribution in [0.3, 0.4) is 0 Å². The zero-order valence-electron chi connectivity index (χ0n) is 7.68. The minimum Gasteiger partial charge on any atom is -0.361 e. The van der Waals surface area contributed by atoms with Crippen LogP contribution < -0.4 is 5.73 Å². The lowest BCUT2D eigenvalue weighted by atomic mass is 10.2. The topological polar surface area (TPSA) is 64.9 Å². The lowest BCUT2D eigenvalue weighted by Gasteiger charge is -1.90. The zero-order valence-corrected chi connectivity index (χ0v) is 7.68. The summed E-state index contributed by atoms with van der Waals surface area (Å²) in [6, 6.07) is 5.70. The van der Waals surface area contributed by atoms with Crippen LogP contribution in [-0.4, -0.2) is 16.7 Å². The molecule has 14 heavy (non-hydrogen) atoms. The largest absolute Gasteiger partial charge is 0.361 e. The number of hydrogen-bond donors (Lipinski definition) is 1. The van der Waals surface area contributed by atoms with Gasteiger partial charge in [0.25, 0.3) is 0 Å². The van der Waals surface area contributed by atoms with Gasteiger partial charge in [-0.3, -0.25) is 4.98 Å². The van der Waals surface area contributed by atoms with Crippen molar-refractivity contribution in [2.24, 2.45) is 5.73 Å². The number of nitrogens with zero attached hydrogens (tertiary/aromatic N) is 2. The van der Waals surface area contributed by atoms with Gasteiger partial charge in [0.15, 0.2) is 0 Å². The van der Waals surface area contributed by atoms with Crippen molar-refractivity contribution in [2.75, 3.05) is 6.54 Å². The molecule has 2 aromatic rings. The standard InChI is InChI=1S/C10H11N3O/c11-4-3-9-6-10(13-14-9)8-2-1-5-12-7-8/h1-2,5-7H,3-4,11H2. The van der Waals surface area contributed by atoms with E-state index in [9.17, 15) is 0 Å². The number of hydrogen-bond acceptors (Lipinski definition) is 4. The molecular formula is C10H11N3O. The van der Waals surface area contributed by atoms with Crippen LogP contribution in [0.1, 0.15) is 5.76 Å². The first-order chi connectivity index (χ1) is 6.90. The van der Waals surface area contributed by atoms with Crippen LogP contribution in [0, 0.1) is 0 Å². The molecule has 0 radical (unpaired) electrons. The molecule has 0 aliphatic carbocycles. The molecule has 2 N–H and O–H groups in total. The quantitative estimate of drug-likeness (QED) is 0.788. The van der Waals surface area contributed by atoms with Gasteiger partial charge in [-0.25, -0.2) is 0 Å². The molecule has 72 valence electrons. The van der Waals surface area contributed by atoms with Crippen LogP contribution in [0.4, 0.5) is 0 Å². The first-order valence-electron chi connectivity index (χ1n) is 4.46. The molecule has 0 saturated carbocycles. The van der Waals surface area contributed by atoms with Crippen LogP contribution in [-0.2, 0) is 6.42 Å². The van der Waals surface area contributed by atoms with E-state index in [2.05, 4.69) is 10.1 Å². The molecule has 4 nitrogen and oxygen atoms in total. The molecule has 0 unspecified atom stereocenters. The SMILES string of the molecule is NCCc1cc(-c2cccnc2)no1. The Hall–Kier alpha value is -1.68. The third kappa shape index (κ3) is 1.80. The minimum absolute atomic E-state index is 0.571. The van der Waals surface area contributed by atoms with E-state index < -0.39 is 0 Å². The first-order valence-corrected chi connectivity index (χ1v) is 4.46. The summed E-state index contributed by atoms with van der Waals surface area (Å²) in [4.78, 5) is 4.01. The van der Waals surface area contributed by atoms with Crippen LogP contribution >= 0.6 is 0 Å². The van der Waals surface area contributed by atoms with Gasteiger partial charge in [0.2, 0.25) is 0 Å². The second-order valence-corrected chi connectivity index (χ2v) is 2.96. The number of nitrogens with two attached hydrogens (primary N) is 1. The lowest BCUT2D eigenvalue weighted by molar-refractivity contribution is 0.386. The average Bonchev–Trinajstić information content (AvgIpc) is 2.68. The Bertz CT molecular complexity index is 397. The summed E-state index contributed by atoms with van der Waals surface area (Å²) in [5.74, 6) is 0.811. The van der Waals surface area contributed by atoms with Gasteiger partial charge >= 0.3 is 0 Å². The average molecular weight is 189 g/mol. The Balaban J connectivity index is 2.25. The van der Waals surface area contributed by atoms with Crippen LogP contribution in [0.15, 0.2) is 35.1 Å². The van der Waals surface area contributed by atoms with E-state index >= 15 is 0 Å². The monoisotopic (exact) mass is 189 g/mol. The second-order valence-electron chi connectivity index (χ2n) is 2.96. The molecule has 2 aromatic heterocycles. The summed E-state index contributed by atoms with van der Waals surface area (Å²) in [6.45, 7) is 0.571. The molecule has 0 spiro atoms. The number of pyridine rings is 1. The number of rotatable bonds is 3. The van der Waals surface area contributed by atoms with Gasteiger partial charge in [0.05, 0.1) is 0 Å². The van der Waals surface area contributed by atoms with Crippen molar-refractivity contribution in [1.82, 2.24) is 10.1 Å². The van der Waals surface area contributed by atoms with E-state index in [4.69, 9.17) is 10.3 Å². The Morgan fingerprint density at radius 3 is 3.07 bits per heavy atom. The maximum Gasteiger partial charge on any atom is 0.138 e. The van der Waals surface area contributed by atoms with Gasteiger partial charge in [-0.1, -0.05) is 5.16 Å². The van der Waals surface area contributed by atoms with Crippen molar-refractivity contribution in [3.05, 3.63) is 36.4 Å². The van der Waals surface area contributed by atoms with Gasteiger partial charge in [0, 0.05) is 30.4 Å². The molecule has 0 aliphatic rings. The highest BCUT2D eigenvalue weighted by Crippen LogP contribution is 2.17. The molecule has 2 rings (SSSR count). The first kappa shape index (κ1) is 8.90. The predicted molar refractivity (Wildman–Crippen MR) is 52.5 cm³/mol. The van der Waals surface area contributed by atoms with Crippen molar-refractivity contribution in [3.8, 4) is 11.3 Å². The summed E-state index contributed by atoms with van der Waals surface area (Å²) in [7, 11) is 0. The van der Waals surface area contributed by atoms with Crippen molar-refractivity contribution in [2.45, 2.75) is 6.42 Å². The Labute approximate surface area is 81.7 Å². The van der Waals surface area contributed by atoms with E-state index in [1.807, 2.05) is 18.2 Å². The fourth-order valence-corrected chi connectivity index (χ4v) is 1.22. The zero-order chi connectivity index (χ0) is 9.80. The highest BCUT2D eigenvalue weighted by atomic mass is 16.5. The smallest absolute Gasteiger partial charge is 0.138 e. The summed E-state index contributed by atoms with van der Waals surface area (Å²) in [5, 5.41) is 3.93. The van der Waals surface area contributed by atoms with E-state index in [0.717, 1.165) is 17.0 Å². The molecule has 2 heterocycles. The van der Waals surface area contributed by atoms with Crippen LogP contribution in [0.2, 0.25) is 0 Å². The molecule has 0 fully saturated rings. The van der Waals surface area contributed by atoms with Crippen molar-refractivity contribution >= 4 is 0 Å². The lowest BCUT2D eigenvalue weighted by Crippen LogP contribution is -2.01. The van der Waals surface area contributed by atoms with Gasteiger partial charge in [-0.05, 0) is 18.7 Å². The van der Waals surface area contributed by atoms with E-state index in [1.54, 1.807) is 12.4 Å². The third-order valence-corrected chi connectivity index (χ3v) is 1.91. The van der Waals surface area contributed by atoms with Crippen molar-refractivity contribution in [1.29, 1.82) is 0 Å². The highest BCUT2D eigenvalue weighted by Gasteiger charge is 2.04. The van der Waals surface area contributed by atoms with E-state index in [0.29, 0.717) is 13.0 Å². The molecule has 0 bridgehead atoms. The summed E-state index contributed by atoms with van der Waals surface area (Å²) in [6.07, 6.45) is 4.20. The molecular weight excluding hydrogens is 178 g/mol. The number of aromatic nitrogens is 2. The summed E-state index contributed by atoms with van der Waals surface area (Å²) in [5.41, 5.74) is 7.17. The maximum atomic E-state index is 5.41. The van der Waals surface area contributed by atoms with Gasteiger partial charge in [0.1, 0.15) is 11.5 Å². The molecule has 0 amide bonds.